The van der Waals surface area contributed by atoms with Crippen LogP contribution in [0, 0.1) is 0 Å². The number of aromatic nitrogens is 1. The van der Waals surface area contributed by atoms with Gasteiger partial charge in [0, 0.05) is 25.0 Å². The molecule has 4 rings (SSSR count). The lowest BCUT2D eigenvalue weighted by molar-refractivity contribution is 0.0950. The van der Waals surface area contributed by atoms with Gasteiger partial charge in [0.15, 0.2) is 11.5 Å². The number of carbonyl (C=O) groups excluding carboxylic acids is 1. The van der Waals surface area contributed by atoms with Crippen LogP contribution >= 0.6 is 0 Å². The Hall–Kier alpha value is -3.54. The van der Waals surface area contributed by atoms with Gasteiger partial charge in [0.2, 0.25) is 6.79 Å². The van der Waals surface area contributed by atoms with Crippen molar-refractivity contribution >= 4 is 17.3 Å². The molecule has 0 unspecified atom stereocenters. The van der Waals surface area contributed by atoms with Gasteiger partial charge in [-0.05, 0) is 42.8 Å². The van der Waals surface area contributed by atoms with Crippen molar-refractivity contribution in [2.75, 3.05) is 18.2 Å². The Kier molecular flexibility index (Phi) is 5.10. The molecule has 1 N–H and O–H groups in total. The van der Waals surface area contributed by atoms with Crippen molar-refractivity contribution in [3.63, 3.8) is 0 Å². The molecular weight excluding hydrogens is 354 g/mol. The highest BCUT2D eigenvalue weighted by atomic mass is 16.7. The van der Waals surface area contributed by atoms with E-state index in [2.05, 4.69) is 22.1 Å². The van der Waals surface area contributed by atoms with Crippen LogP contribution in [-0.2, 0) is 6.54 Å². The minimum Gasteiger partial charge on any atom is -0.454 e. The zero-order valence-corrected chi connectivity index (χ0v) is 15.6. The highest BCUT2D eigenvalue weighted by molar-refractivity contribution is 5.94. The van der Waals surface area contributed by atoms with Gasteiger partial charge in [0.1, 0.15) is 0 Å². The zero-order valence-electron chi connectivity index (χ0n) is 15.6. The molecule has 1 amide bonds. The third-order valence-corrected chi connectivity index (χ3v) is 4.57. The molecule has 2 aromatic carbocycles. The standard InChI is InChI=1S/C22H21N3O3/c1-2-25(18-6-4-3-5-7-18)19-11-17(13-23-14-19)22(26)24-12-16-8-9-20-21(10-16)28-15-27-20/h3-11,13-14H,2,12,15H2,1H3,(H,24,26). The number of carbonyl (C=O) groups is 1. The van der Waals surface area contributed by atoms with Gasteiger partial charge < -0.3 is 19.7 Å². The van der Waals surface area contributed by atoms with Gasteiger partial charge in [-0.2, -0.15) is 0 Å². The quantitative estimate of drug-likeness (QED) is 0.708. The average Bonchev–Trinajstić information content (AvgIpc) is 3.21. The number of benzene rings is 2. The number of para-hydroxylation sites is 1. The van der Waals surface area contributed by atoms with Crippen molar-refractivity contribution < 1.29 is 14.3 Å². The Balaban J connectivity index is 1.47. The van der Waals surface area contributed by atoms with Crippen LogP contribution in [-0.4, -0.2) is 24.2 Å². The summed E-state index contributed by atoms with van der Waals surface area (Å²) in [6.45, 7) is 3.47. The molecule has 1 aromatic heterocycles. The minimum absolute atomic E-state index is 0.170. The molecule has 28 heavy (non-hydrogen) atoms. The summed E-state index contributed by atoms with van der Waals surface area (Å²) in [5.74, 6) is 1.26. The molecule has 0 spiro atoms. The predicted octanol–water partition coefficient (Wildman–Crippen LogP) is 3.90. The smallest absolute Gasteiger partial charge is 0.253 e. The molecule has 142 valence electrons. The van der Waals surface area contributed by atoms with Crippen molar-refractivity contribution in [2.45, 2.75) is 13.5 Å². The van der Waals surface area contributed by atoms with Crippen LogP contribution in [0.5, 0.6) is 11.5 Å². The van der Waals surface area contributed by atoms with Crippen LogP contribution in [0.4, 0.5) is 11.4 Å². The summed E-state index contributed by atoms with van der Waals surface area (Å²) in [6, 6.07) is 17.5. The van der Waals surface area contributed by atoms with E-state index in [1.54, 1.807) is 12.4 Å². The van der Waals surface area contributed by atoms with E-state index in [0.717, 1.165) is 29.2 Å². The number of pyridine rings is 1. The van der Waals surface area contributed by atoms with Gasteiger partial charge >= 0.3 is 0 Å². The molecular formula is C22H21N3O3. The van der Waals surface area contributed by atoms with Gasteiger partial charge in [-0.3, -0.25) is 9.78 Å². The second kappa shape index (κ2) is 8.00. The molecule has 1 aliphatic heterocycles. The maximum atomic E-state index is 12.6. The average molecular weight is 375 g/mol. The van der Waals surface area contributed by atoms with Gasteiger partial charge in [0.25, 0.3) is 5.91 Å². The zero-order chi connectivity index (χ0) is 19.3. The SMILES string of the molecule is CCN(c1ccccc1)c1cncc(C(=O)NCc2ccc3c(c2)OCO3)c1. The number of anilines is 2. The maximum Gasteiger partial charge on any atom is 0.253 e. The number of hydrogen-bond acceptors (Lipinski definition) is 5. The Labute approximate surface area is 163 Å². The second-order valence-electron chi connectivity index (χ2n) is 6.38. The van der Waals surface area contributed by atoms with E-state index < -0.39 is 0 Å². The Morgan fingerprint density at radius 3 is 2.68 bits per heavy atom. The van der Waals surface area contributed by atoms with Crippen molar-refractivity contribution in [1.82, 2.24) is 10.3 Å². The highest BCUT2D eigenvalue weighted by Gasteiger charge is 2.15. The number of fused-ring (bicyclic) bond motifs is 1. The summed E-state index contributed by atoms with van der Waals surface area (Å²) in [5.41, 5.74) is 3.41. The summed E-state index contributed by atoms with van der Waals surface area (Å²) < 4.78 is 10.7. The first kappa shape index (κ1) is 17.9. The van der Waals surface area contributed by atoms with Crippen LogP contribution in [0.1, 0.15) is 22.8 Å². The molecule has 6 nitrogen and oxygen atoms in total. The summed E-state index contributed by atoms with van der Waals surface area (Å²) in [5, 5.41) is 2.94. The fourth-order valence-electron chi connectivity index (χ4n) is 3.16. The lowest BCUT2D eigenvalue weighted by Crippen LogP contribution is -2.24. The van der Waals surface area contributed by atoms with Crippen LogP contribution < -0.4 is 19.7 Å². The van der Waals surface area contributed by atoms with E-state index in [1.165, 1.54) is 0 Å². The Morgan fingerprint density at radius 2 is 1.86 bits per heavy atom. The van der Waals surface area contributed by atoms with Gasteiger partial charge in [0.05, 0.1) is 17.4 Å². The van der Waals surface area contributed by atoms with Crippen molar-refractivity contribution in [1.29, 1.82) is 0 Å². The van der Waals surface area contributed by atoms with E-state index in [0.29, 0.717) is 17.9 Å². The van der Waals surface area contributed by atoms with Gasteiger partial charge in [-0.15, -0.1) is 0 Å². The summed E-state index contributed by atoms with van der Waals surface area (Å²) in [7, 11) is 0. The first-order chi connectivity index (χ1) is 13.7. The molecule has 3 aromatic rings. The van der Waals surface area contributed by atoms with Crippen molar-refractivity contribution in [3.8, 4) is 11.5 Å². The molecule has 0 fully saturated rings. The van der Waals surface area contributed by atoms with Crippen molar-refractivity contribution in [3.05, 3.63) is 78.1 Å². The first-order valence-corrected chi connectivity index (χ1v) is 9.19. The van der Waals surface area contributed by atoms with E-state index in [9.17, 15) is 4.79 Å². The minimum atomic E-state index is -0.170. The Bertz CT molecular complexity index is 976. The Morgan fingerprint density at radius 1 is 1.04 bits per heavy atom. The highest BCUT2D eigenvalue weighted by Crippen LogP contribution is 2.32. The maximum absolute atomic E-state index is 12.6. The number of rotatable bonds is 6. The largest absolute Gasteiger partial charge is 0.454 e. The van der Waals surface area contributed by atoms with E-state index in [1.807, 2.05) is 54.6 Å². The van der Waals surface area contributed by atoms with Crippen molar-refractivity contribution in [2.24, 2.45) is 0 Å². The lowest BCUT2D eigenvalue weighted by Gasteiger charge is -2.23. The second-order valence-corrected chi connectivity index (χ2v) is 6.38. The molecule has 2 heterocycles. The van der Waals surface area contributed by atoms with E-state index >= 15 is 0 Å². The van der Waals surface area contributed by atoms with E-state index in [-0.39, 0.29) is 12.7 Å². The normalized spacial score (nSPS) is 11.9. The first-order valence-electron chi connectivity index (χ1n) is 9.19. The molecule has 0 radical (unpaired) electrons. The van der Waals surface area contributed by atoms with Crippen LogP contribution in [0.25, 0.3) is 0 Å². The fraction of sp³-hybridized carbons (Fsp3) is 0.182. The molecule has 0 saturated carbocycles. The molecule has 0 saturated heterocycles. The van der Waals surface area contributed by atoms with Crippen LogP contribution in [0.15, 0.2) is 67.0 Å². The van der Waals surface area contributed by atoms with Crippen LogP contribution in [0.2, 0.25) is 0 Å². The molecule has 6 heteroatoms. The molecule has 1 aliphatic rings. The topological polar surface area (TPSA) is 63.7 Å². The van der Waals surface area contributed by atoms with Gasteiger partial charge in [-0.25, -0.2) is 0 Å². The molecule has 0 aliphatic carbocycles. The van der Waals surface area contributed by atoms with Crippen LogP contribution in [0.3, 0.4) is 0 Å². The number of nitrogens with one attached hydrogen (secondary N) is 1. The lowest BCUT2D eigenvalue weighted by atomic mass is 10.2. The summed E-state index contributed by atoms with van der Waals surface area (Å²) in [6.07, 6.45) is 3.35. The molecule has 0 atom stereocenters. The number of hydrogen-bond donors (Lipinski definition) is 1. The summed E-state index contributed by atoms with van der Waals surface area (Å²) >= 11 is 0. The summed E-state index contributed by atoms with van der Waals surface area (Å²) in [4.78, 5) is 19.0. The third kappa shape index (κ3) is 3.76. The monoisotopic (exact) mass is 375 g/mol. The predicted molar refractivity (Wildman–Crippen MR) is 107 cm³/mol. The third-order valence-electron chi connectivity index (χ3n) is 4.57. The molecule has 0 bridgehead atoms. The van der Waals surface area contributed by atoms with E-state index in [4.69, 9.17) is 9.47 Å². The van der Waals surface area contributed by atoms with Gasteiger partial charge in [-0.1, -0.05) is 24.3 Å². The number of ether oxygens (including phenoxy) is 2. The fourth-order valence-corrected chi connectivity index (χ4v) is 3.16. The number of amides is 1. The number of nitrogens with zero attached hydrogens (tertiary/aromatic N) is 2.